The summed E-state index contributed by atoms with van der Waals surface area (Å²) < 4.78 is 1.24. The molecule has 8 heteroatoms. The first kappa shape index (κ1) is 18.6. The summed E-state index contributed by atoms with van der Waals surface area (Å²) in [6, 6.07) is 19.6. The molecule has 0 saturated heterocycles. The number of thiol groups is 1. The number of nitrogens with one attached hydrogen (secondary N) is 1. The van der Waals surface area contributed by atoms with Crippen molar-refractivity contribution in [3.05, 3.63) is 71.8 Å². The quantitative estimate of drug-likeness (QED) is 0.437. The first-order valence-corrected chi connectivity index (χ1v) is 9.53. The van der Waals surface area contributed by atoms with Crippen molar-refractivity contribution in [2.24, 2.45) is 5.10 Å². The average molecular weight is 389 g/mol. The topological polar surface area (TPSA) is 57.2 Å². The van der Waals surface area contributed by atoms with E-state index in [1.165, 1.54) is 21.5 Å². The fourth-order valence-corrected chi connectivity index (χ4v) is 3.52. The van der Waals surface area contributed by atoms with E-state index < -0.39 is 6.09 Å². The molecule has 1 N–H and O–H groups in total. The maximum absolute atomic E-state index is 12.5. The molecule has 6 nitrogen and oxygen atoms in total. The van der Waals surface area contributed by atoms with E-state index in [2.05, 4.69) is 22.7 Å². The third-order valence-electron chi connectivity index (χ3n) is 3.84. The van der Waals surface area contributed by atoms with E-state index in [4.69, 9.17) is 4.84 Å². The molecule has 0 bridgehead atoms. The summed E-state index contributed by atoms with van der Waals surface area (Å²) in [5.74, 6) is 0.605. The third-order valence-corrected chi connectivity index (χ3v) is 5.14. The molecule has 136 valence electrons. The summed E-state index contributed by atoms with van der Waals surface area (Å²) in [4.78, 5) is 20.5. The number of carbonyl (C=O) groups excluding carboxylic acids is 1. The van der Waals surface area contributed by atoms with Crippen molar-refractivity contribution < 1.29 is 9.63 Å². The normalized spacial score (nSPS) is 16.3. The molecular formula is C18H20N4O2S2. The highest BCUT2D eigenvalue weighted by atomic mass is 32.2. The van der Waals surface area contributed by atoms with Gasteiger partial charge in [-0.1, -0.05) is 73.5 Å². The van der Waals surface area contributed by atoms with Crippen LogP contribution in [0.3, 0.4) is 0 Å². The Morgan fingerprint density at radius 3 is 2.58 bits per heavy atom. The summed E-state index contributed by atoms with van der Waals surface area (Å²) >= 11 is 5.27. The SMILES string of the molecule is CC1=NN(OC(=O)N(NS)SCc2ccccc2)C(c2ccccc2)C1. The lowest BCUT2D eigenvalue weighted by atomic mass is 10.0. The summed E-state index contributed by atoms with van der Waals surface area (Å²) in [6.07, 6.45) is 0.128. The number of hydrazone groups is 1. The van der Waals surface area contributed by atoms with E-state index in [0.717, 1.165) is 16.8 Å². The van der Waals surface area contributed by atoms with Gasteiger partial charge in [-0.2, -0.15) is 14.3 Å². The minimum atomic E-state index is -0.583. The number of benzene rings is 2. The lowest BCUT2D eigenvalue weighted by molar-refractivity contribution is -0.129. The number of rotatable bonds is 6. The number of amides is 1. The number of hydrogen-bond acceptors (Lipinski definition) is 7. The standard InChI is InChI=1S/C18H20N4O2S2/c1-14-12-17(16-10-6-3-7-11-16)21(19-14)24-18(23)22(20-25)26-13-15-8-4-2-5-9-15/h2-11,17,20,25H,12-13H2,1H3. The Bertz CT molecular complexity index is 758. The van der Waals surface area contributed by atoms with Gasteiger partial charge in [-0.05, 0) is 30.0 Å². The van der Waals surface area contributed by atoms with Gasteiger partial charge in [0.2, 0.25) is 0 Å². The van der Waals surface area contributed by atoms with Crippen LogP contribution in [0, 0.1) is 0 Å². The van der Waals surface area contributed by atoms with Crippen LogP contribution in [0.5, 0.6) is 0 Å². The van der Waals surface area contributed by atoms with E-state index in [9.17, 15) is 4.79 Å². The Labute approximate surface area is 162 Å². The van der Waals surface area contributed by atoms with Gasteiger partial charge < -0.3 is 4.84 Å². The van der Waals surface area contributed by atoms with Crippen LogP contribution in [0.15, 0.2) is 65.8 Å². The van der Waals surface area contributed by atoms with E-state index in [-0.39, 0.29) is 6.04 Å². The van der Waals surface area contributed by atoms with Gasteiger partial charge in [-0.3, -0.25) is 0 Å². The highest BCUT2D eigenvalue weighted by molar-refractivity contribution is 7.97. The molecule has 0 fully saturated rings. The third kappa shape index (κ3) is 4.72. The van der Waals surface area contributed by atoms with Crippen molar-refractivity contribution >= 4 is 36.6 Å². The van der Waals surface area contributed by atoms with Crippen LogP contribution < -0.4 is 4.83 Å². The molecule has 1 atom stereocenters. The molecule has 3 rings (SSSR count). The number of nitrogens with zero attached hydrogens (tertiary/aromatic N) is 3. The predicted octanol–water partition coefficient (Wildman–Crippen LogP) is 4.36. The Morgan fingerprint density at radius 1 is 1.27 bits per heavy atom. The van der Waals surface area contributed by atoms with Crippen molar-refractivity contribution in [3.8, 4) is 0 Å². The van der Waals surface area contributed by atoms with Crippen molar-refractivity contribution in [2.75, 3.05) is 0 Å². The van der Waals surface area contributed by atoms with Crippen molar-refractivity contribution in [2.45, 2.75) is 25.1 Å². The zero-order valence-electron chi connectivity index (χ0n) is 14.3. The zero-order chi connectivity index (χ0) is 18.4. The van der Waals surface area contributed by atoms with E-state index in [0.29, 0.717) is 12.2 Å². The van der Waals surface area contributed by atoms with Gasteiger partial charge in [0.05, 0.1) is 0 Å². The van der Waals surface area contributed by atoms with Gasteiger partial charge in [-0.25, -0.2) is 4.79 Å². The molecule has 2 aromatic carbocycles. The van der Waals surface area contributed by atoms with Crippen molar-refractivity contribution in [3.63, 3.8) is 0 Å². The maximum Gasteiger partial charge on any atom is 0.461 e. The van der Waals surface area contributed by atoms with E-state index >= 15 is 0 Å². The number of hydroxylamine groups is 1. The molecule has 2 aromatic rings. The van der Waals surface area contributed by atoms with Crippen LogP contribution in [-0.4, -0.2) is 21.4 Å². The van der Waals surface area contributed by atoms with E-state index in [1.54, 1.807) is 0 Å². The summed E-state index contributed by atoms with van der Waals surface area (Å²) in [5, 5.41) is 5.71. The highest BCUT2D eigenvalue weighted by Crippen LogP contribution is 2.31. The minimum absolute atomic E-state index is 0.124. The molecule has 26 heavy (non-hydrogen) atoms. The average Bonchev–Trinajstić information content (AvgIpc) is 3.04. The highest BCUT2D eigenvalue weighted by Gasteiger charge is 2.31. The van der Waals surface area contributed by atoms with E-state index in [1.807, 2.05) is 67.6 Å². The molecule has 1 amide bonds. The molecule has 0 spiro atoms. The minimum Gasteiger partial charge on any atom is -0.301 e. The van der Waals surface area contributed by atoms with Crippen LogP contribution in [0.1, 0.15) is 30.5 Å². The van der Waals surface area contributed by atoms with Gasteiger partial charge in [0.15, 0.2) is 0 Å². The molecule has 0 aromatic heterocycles. The second-order valence-electron chi connectivity index (χ2n) is 5.78. The monoisotopic (exact) mass is 388 g/mol. The molecule has 0 saturated carbocycles. The lowest BCUT2D eigenvalue weighted by Gasteiger charge is -2.25. The predicted molar refractivity (Wildman–Crippen MR) is 107 cm³/mol. The van der Waals surface area contributed by atoms with Crippen LogP contribution in [0.25, 0.3) is 0 Å². The van der Waals surface area contributed by atoms with Gasteiger partial charge in [-0.15, -0.1) is 5.17 Å². The Balaban J connectivity index is 1.62. The van der Waals surface area contributed by atoms with Crippen LogP contribution in [0.4, 0.5) is 4.79 Å². The first-order chi connectivity index (χ1) is 12.7. The molecule has 1 aliphatic rings. The molecular weight excluding hydrogens is 368 g/mol. The smallest absolute Gasteiger partial charge is 0.301 e. The van der Waals surface area contributed by atoms with Gasteiger partial charge in [0, 0.05) is 17.9 Å². The second-order valence-corrected chi connectivity index (χ2v) is 6.89. The number of hydrazine groups is 1. The van der Waals surface area contributed by atoms with Crippen LogP contribution >= 0.6 is 24.8 Å². The van der Waals surface area contributed by atoms with Crippen LogP contribution in [0.2, 0.25) is 0 Å². The van der Waals surface area contributed by atoms with Crippen molar-refractivity contribution in [1.82, 2.24) is 14.4 Å². The summed E-state index contributed by atoms with van der Waals surface area (Å²) in [7, 11) is 0. The number of hydrogen-bond donors (Lipinski definition) is 2. The zero-order valence-corrected chi connectivity index (χ0v) is 16.0. The fourth-order valence-electron chi connectivity index (χ4n) is 2.59. The molecule has 0 aliphatic carbocycles. The molecule has 1 aliphatic heterocycles. The maximum atomic E-state index is 12.5. The largest absolute Gasteiger partial charge is 0.461 e. The Morgan fingerprint density at radius 2 is 1.92 bits per heavy atom. The first-order valence-electron chi connectivity index (χ1n) is 8.14. The van der Waals surface area contributed by atoms with Gasteiger partial charge >= 0.3 is 6.09 Å². The Kier molecular flexibility index (Phi) is 6.43. The number of carbonyl (C=O) groups is 1. The lowest BCUT2D eigenvalue weighted by Crippen LogP contribution is -2.36. The van der Waals surface area contributed by atoms with Gasteiger partial charge in [0.1, 0.15) is 6.04 Å². The van der Waals surface area contributed by atoms with Gasteiger partial charge in [0.25, 0.3) is 0 Å². The fraction of sp³-hybridized carbons (Fsp3) is 0.222. The van der Waals surface area contributed by atoms with Crippen LogP contribution in [-0.2, 0) is 10.6 Å². The Hall–Kier alpha value is -2.16. The second kappa shape index (κ2) is 8.98. The molecule has 0 radical (unpaired) electrons. The molecule has 1 unspecified atom stereocenters. The summed E-state index contributed by atoms with van der Waals surface area (Å²) in [6.45, 7) is 1.92. The molecule has 1 heterocycles. The summed E-state index contributed by atoms with van der Waals surface area (Å²) in [5.41, 5.74) is 3.05. The van der Waals surface area contributed by atoms with Crippen molar-refractivity contribution in [1.29, 1.82) is 0 Å².